The average molecular weight is 311 g/mol. The van der Waals surface area contributed by atoms with E-state index in [0.29, 0.717) is 39.2 Å². The molecule has 2 aliphatic heterocycles. The number of hydrogen-bond donors (Lipinski definition) is 0. The van der Waals surface area contributed by atoms with E-state index in [4.69, 9.17) is 4.74 Å². The van der Waals surface area contributed by atoms with Crippen molar-refractivity contribution in [3.05, 3.63) is 0 Å². The Balaban J connectivity index is 1.67. The number of piperazine rings is 1. The average Bonchev–Trinajstić information content (AvgIpc) is 2.82. The molecule has 0 atom stereocenters. The van der Waals surface area contributed by atoms with Crippen LogP contribution in [0.4, 0.5) is 4.79 Å². The fraction of sp³-hybridized carbons (Fsp3) is 0.875. The Morgan fingerprint density at radius 2 is 1.45 bits per heavy atom. The molecule has 0 aromatic rings. The second-order valence-corrected chi connectivity index (χ2v) is 6.07. The third kappa shape index (κ3) is 5.16. The van der Waals surface area contributed by atoms with Gasteiger partial charge in [-0.05, 0) is 32.9 Å². The summed E-state index contributed by atoms with van der Waals surface area (Å²) in [6.45, 7) is 7.73. The van der Waals surface area contributed by atoms with E-state index in [2.05, 4.69) is 4.90 Å². The predicted molar refractivity (Wildman–Crippen MR) is 84.7 cm³/mol. The van der Waals surface area contributed by atoms with E-state index in [9.17, 15) is 9.59 Å². The highest BCUT2D eigenvalue weighted by molar-refractivity contribution is 5.77. The lowest BCUT2D eigenvalue weighted by atomic mass is 10.2. The highest BCUT2D eigenvalue weighted by Crippen LogP contribution is 2.11. The van der Waals surface area contributed by atoms with E-state index < -0.39 is 0 Å². The van der Waals surface area contributed by atoms with Crippen molar-refractivity contribution < 1.29 is 14.3 Å². The van der Waals surface area contributed by atoms with Crippen LogP contribution in [0.2, 0.25) is 0 Å². The lowest BCUT2D eigenvalue weighted by molar-refractivity contribution is -0.133. The third-order valence-corrected chi connectivity index (χ3v) is 4.50. The van der Waals surface area contributed by atoms with Crippen LogP contribution in [-0.2, 0) is 9.53 Å². The highest BCUT2D eigenvalue weighted by Gasteiger charge is 2.24. The van der Waals surface area contributed by atoms with Gasteiger partial charge < -0.3 is 19.4 Å². The van der Waals surface area contributed by atoms with Crippen LogP contribution >= 0.6 is 0 Å². The van der Waals surface area contributed by atoms with Gasteiger partial charge in [0.25, 0.3) is 0 Å². The Morgan fingerprint density at radius 1 is 0.864 bits per heavy atom. The maximum atomic E-state index is 12.3. The van der Waals surface area contributed by atoms with Crippen molar-refractivity contribution in [2.75, 3.05) is 52.4 Å². The van der Waals surface area contributed by atoms with Crippen molar-refractivity contribution in [2.24, 2.45) is 0 Å². The largest absolute Gasteiger partial charge is 0.450 e. The van der Waals surface area contributed by atoms with Crippen molar-refractivity contribution in [1.82, 2.24) is 14.7 Å². The summed E-state index contributed by atoms with van der Waals surface area (Å²) in [5.41, 5.74) is 0. The number of likely N-dealkylation sites (tertiary alicyclic amines) is 1. The summed E-state index contributed by atoms with van der Waals surface area (Å²) in [5, 5.41) is 0. The van der Waals surface area contributed by atoms with Gasteiger partial charge in [0.05, 0.1) is 6.61 Å². The Morgan fingerprint density at radius 3 is 2.05 bits per heavy atom. The van der Waals surface area contributed by atoms with Crippen LogP contribution in [0.3, 0.4) is 0 Å². The van der Waals surface area contributed by atoms with Gasteiger partial charge in [0.2, 0.25) is 5.91 Å². The number of amides is 2. The number of carbonyl (C=O) groups excluding carboxylic acids is 2. The number of carbonyl (C=O) groups is 2. The quantitative estimate of drug-likeness (QED) is 0.790. The van der Waals surface area contributed by atoms with Crippen LogP contribution in [0, 0.1) is 0 Å². The molecular weight excluding hydrogens is 282 g/mol. The predicted octanol–water partition coefficient (Wildman–Crippen LogP) is 1.55. The first-order valence-corrected chi connectivity index (χ1v) is 8.62. The van der Waals surface area contributed by atoms with E-state index >= 15 is 0 Å². The molecule has 2 amide bonds. The fourth-order valence-electron chi connectivity index (χ4n) is 3.12. The standard InChI is InChI=1S/C16H29N3O3/c1-2-22-16(21)19-13-11-18(12-14-19)15(20)7-10-17-8-5-3-4-6-9-17/h2-14H2,1H3. The number of ether oxygens (including phenoxy) is 1. The SMILES string of the molecule is CCOC(=O)N1CCN(C(=O)CCN2CCCCCC2)CC1. The summed E-state index contributed by atoms with van der Waals surface area (Å²) < 4.78 is 4.99. The normalized spacial score (nSPS) is 20.6. The van der Waals surface area contributed by atoms with Gasteiger partial charge in [0.1, 0.15) is 0 Å². The van der Waals surface area contributed by atoms with Gasteiger partial charge in [0.15, 0.2) is 0 Å². The molecule has 2 heterocycles. The summed E-state index contributed by atoms with van der Waals surface area (Å²) in [5.74, 6) is 0.216. The molecule has 2 aliphatic rings. The monoisotopic (exact) mass is 311 g/mol. The van der Waals surface area contributed by atoms with Gasteiger partial charge in [-0.2, -0.15) is 0 Å². The molecule has 0 N–H and O–H groups in total. The molecule has 0 saturated carbocycles. The summed E-state index contributed by atoms with van der Waals surface area (Å²) in [4.78, 5) is 29.9. The smallest absolute Gasteiger partial charge is 0.409 e. The molecule has 126 valence electrons. The zero-order valence-electron chi connectivity index (χ0n) is 13.8. The molecule has 0 aromatic heterocycles. The Hall–Kier alpha value is -1.30. The van der Waals surface area contributed by atoms with Crippen LogP contribution < -0.4 is 0 Å². The van der Waals surface area contributed by atoms with E-state index in [0.717, 1.165) is 19.6 Å². The summed E-state index contributed by atoms with van der Waals surface area (Å²) in [6, 6.07) is 0. The zero-order chi connectivity index (χ0) is 15.8. The maximum absolute atomic E-state index is 12.3. The minimum Gasteiger partial charge on any atom is -0.450 e. The van der Waals surface area contributed by atoms with Crippen LogP contribution in [0.5, 0.6) is 0 Å². The molecule has 2 fully saturated rings. The first kappa shape index (κ1) is 17.1. The zero-order valence-corrected chi connectivity index (χ0v) is 13.8. The van der Waals surface area contributed by atoms with Crippen LogP contribution in [0.25, 0.3) is 0 Å². The van der Waals surface area contributed by atoms with Gasteiger partial charge in [-0.3, -0.25) is 4.79 Å². The van der Waals surface area contributed by atoms with Gasteiger partial charge in [0, 0.05) is 39.1 Å². The number of hydrogen-bond acceptors (Lipinski definition) is 4. The molecule has 0 radical (unpaired) electrons. The van der Waals surface area contributed by atoms with E-state index in [1.54, 1.807) is 11.8 Å². The molecule has 0 aliphatic carbocycles. The molecule has 2 rings (SSSR count). The van der Waals surface area contributed by atoms with Gasteiger partial charge in [-0.15, -0.1) is 0 Å². The second kappa shape index (κ2) is 8.98. The molecule has 0 unspecified atom stereocenters. The van der Waals surface area contributed by atoms with E-state index in [-0.39, 0.29) is 12.0 Å². The van der Waals surface area contributed by atoms with Crippen molar-refractivity contribution in [1.29, 1.82) is 0 Å². The lowest BCUT2D eigenvalue weighted by Gasteiger charge is -2.34. The highest BCUT2D eigenvalue weighted by atomic mass is 16.6. The molecule has 2 saturated heterocycles. The van der Waals surface area contributed by atoms with Gasteiger partial charge >= 0.3 is 6.09 Å². The Kier molecular flexibility index (Phi) is 6.96. The Bertz CT molecular complexity index is 360. The maximum Gasteiger partial charge on any atom is 0.409 e. The Labute approximate surface area is 133 Å². The van der Waals surface area contributed by atoms with Crippen molar-refractivity contribution in [3.8, 4) is 0 Å². The molecular formula is C16H29N3O3. The number of nitrogens with zero attached hydrogens (tertiary/aromatic N) is 3. The summed E-state index contributed by atoms with van der Waals surface area (Å²) in [7, 11) is 0. The van der Waals surface area contributed by atoms with Crippen LogP contribution in [-0.4, -0.2) is 79.1 Å². The molecule has 0 aromatic carbocycles. The number of rotatable bonds is 4. The molecule has 0 bridgehead atoms. The fourth-order valence-corrected chi connectivity index (χ4v) is 3.12. The van der Waals surface area contributed by atoms with Crippen LogP contribution in [0.15, 0.2) is 0 Å². The molecule has 6 heteroatoms. The third-order valence-electron chi connectivity index (χ3n) is 4.50. The van der Waals surface area contributed by atoms with Crippen molar-refractivity contribution in [2.45, 2.75) is 39.0 Å². The first-order valence-electron chi connectivity index (χ1n) is 8.62. The minimum absolute atomic E-state index is 0.216. The van der Waals surface area contributed by atoms with Gasteiger partial charge in [-0.25, -0.2) is 4.79 Å². The molecule has 0 spiro atoms. The first-order chi connectivity index (χ1) is 10.7. The second-order valence-electron chi connectivity index (χ2n) is 6.07. The van der Waals surface area contributed by atoms with E-state index in [1.807, 2.05) is 4.90 Å². The van der Waals surface area contributed by atoms with Gasteiger partial charge in [-0.1, -0.05) is 12.8 Å². The van der Waals surface area contributed by atoms with Crippen LogP contribution in [0.1, 0.15) is 39.0 Å². The molecule has 22 heavy (non-hydrogen) atoms. The van der Waals surface area contributed by atoms with E-state index in [1.165, 1.54) is 25.7 Å². The van der Waals surface area contributed by atoms with Crippen molar-refractivity contribution >= 4 is 12.0 Å². The van der Waals surface area contributed by atoms with Crippen molar-refractivity contribution in [3.63, 3.8) is 0 Å². The summed E-state index contributed by atoms with van der Waals surface area (Å²) in [6.07, 6.45) is 5.48. The lowest BCUT2D eigenvalue weighted by Crippen LogP contribution is -2.51. The minimum atomic E-state index is -0.265. The topological polar surface area (TPSA) is 53.1 Å². The summed E-state index contributed by atoms with van der Waals surface area (Å²) >= 11 is 0. The molecule has 6 nitrogen and oxygen atoms in total.